The molecule has 0 amide bonds. The number of pyridine rings is 1. The van der Waals surface area contributed by atoms with Crippen molar-refractivity contribution in [3.8, 4) is 11.5 Å². The van der Waals surface area contributed by atoms with E-state index >= 15 is 0 Å². The molecule has 2 fully saturated rings. The van der Waals surface area contributed by atoms with Crippen molar-refractivity contribution in [2.24, 2.45) is 5.92 Å². The average Bonchev–Trinajstić information content (AvgIpc) is 3.64. The Morgan fingerprint density at radius 1 is 1.08 bits per heavy atom. The smallest absolute Gasteiger partial charge is 0.166 e. The van der Waals surface area contributed by atoms with Crippen LogP contribution in [0.5, 0.6) is 11.5 Å². The molecule has 6 rings (SSSR count). The van der Waals surface area contributed by atoms with Crippen LogP contribution in [0.15, 0.2) is 42.6 Å². The third-order valence-corrected chi connectivity index (χ3v) is 9.08. The van der Waals surface area contributed by atoms with Gasteiger partial charge in [0, 0.05) is 56.2 Å². The number of morpholine rings is 1. The van der Waals surface area contributed by atoms with E-state index in [0.717, 1.165) is 82.0 Å². The number of Topliss-reactive ketones (excluding diaryl/α,β-unsaturated/α-hetero) is 1. The molecule has 2 aliphatic heterocycles. The van der Waals surface area contributed by atoms with Crippen molar-refractivity contribution in [1.82, 2.24) is 14.8 Å². The maximum absolute atomic E-state index is 14.9. The van der Waals surface area contributed by atoms with Crippen molar-refractivity contribution < 1.29 is 18.7 Å². The highest BCUT2D eigenvalue weighted by molar-refractivity contribution is 7.20. The van der Waals surface area contributed by atoms with Gasteiger partial charge in [0.15, 0.2) is 11.6 Å². The van der Waals surface area contributed by atoms with Crippen molar-refractivity contribution in [2.45, 2.75) is 38.5 Å². The Morgan fingerprint density at radius 3 is 2.69 bits per heavy atom. The molecule has 0 N–H and O–H groups in total. The summed E-state index contributed by atoms with van der Waals surface area (Å²) in [4.78, 5) is 22.9. The molecule has 1 saturated heterocycles. The van der Waals surface area contributed by atoms with Gasteiger partial charge in [-0.1, -0.05) is 12.1 Å². The van der Waals surface area contributed by atoms with Crippen LogP contribution in [0.3, 0.4) is 0 Å². The fraction of sp³-hybridized carbons (Fsp3) is 0.484. The highest BCUT2D eigenvalue weighted by atomic mass is 32.1. The maximum atomic E-state index is 14.9. The SMILES string of the molecule is O=C(Cc1ccc(Oc2ccnc3cc(C4=CCN(CCCN5CCOCC5)CC4)sc23)c(F)c1)CC1CC1. The summed E-state index contributed by atoms with van der Waals surface area (Å²) < 4.78 is 27.3. The molecule has 3 aromatic rings. The van der Waals surface area contributed by atoms with Crippen LogP contribution in [0, 0.1) is 11.7 Å². The lowest BCUT2D eigenvalue weighted by atomic mass is 10.0. The molecular weight excluding hydrogens is 513 g/mol. The van der Waals surface area contributed by atoms with Crippen molar-refractivity contribution >= 4 is 32.9 Å². The average molecular weight is 550 g/mol. The molecule has 1 saturated carbocycles. The number of nitrogens with zero attached hydrogens (tertiary/aromatic N) is 3. The predicted octanol–water partition coefficient (Wildman–Crippen LogP) is 5.95. The van der Waals surface area contributed by atoms with Gasteiger partial charge in [0.1, 0.15) is 11.5 Å². The zero-order valence-electron chi connectivity index (χ0n) is 22.4. The van der Waals surface area contributed by atoms with Gasteiger partial charge in [0.25, 0.3) is 0 Å². The van der Waals surface area contributed by atoms with E-state index < -0.39 is 5.82 Å². The third-order valence-electron chi connectivity index (χ3n) is 7.87. The fourth-order valence-corrected chi connectivity index (χ4v) is 6.57. The molecule has 39 heavy (non-hydrogen) atoms. The number of carbonyl (C=O) groups excluding carboxylic acids is 1. The largest absolute Gasteiger partial charge is 0.453 e. The van der Waals surface area contributed by atoms with Gasteiger partial charge in [-0.25, -0.2) is 4.39 Å². The molecule has 206 valence electrons. The Kier molecular flexibility index (Phi) is 8.35. The normalized spacial score (nSPS) is 18.8. The minimum Gasteiger partial charge on any atom is -0.453 e. The third kappa shape index (κ3) is 6.92. The summed E-state index contributed by atoms with van der Waals surface area (Å²) in [5.74, 6) is 1.05. The Labute approximate surface area is 233 Å². The second-order valence-electron chi connectivity index (χ2n) is 11.0. The number of carbonyl (C=O) groups is 1. The molecule has 0 unspecified atom stereocenters. The summed E-state index contributed by atoms with van der Waals surface area (Å²) in [7, 11) is 0. The van der Waals surface area contributed by atoms with E-state index in [1.165, 1.54) is 22.9 Å². The Morgan fingerprint density at radius 2 is 1.92 bits per heavy atom. The molecule has 1 aliphatic carbocycles. The summed E-state index contributed by atoms with van der Waals surface area (Å²) in [6, 6.07) is 8.77. The molecule has 0 atom stereocenters. The van der Waals surface area contributed by atoms with Crippen LogP contribution in [0.25, 0.3) is 15.8 Å². The lowest BCUT2D eigenvalue weighted by Gasteiger charge is -2.29. The molecule has 3 aliphatic rings. The second-order valence-corrected chi connectivity index (χ2v) is 12.0. The van der Waals surface area contributed by atoms with Gasteiger partial charge in [-0.2, -0.15) is 0 Å². The summed E-state index contributed by atoms with van der Waals surface area (Å²) in [6.45, 7) is 8.09. The van der Waals surface area contributed by atoms with Crippen molar-refractivity contribution in [3.05, 3.63) is 58.9 Å². The zero-order valence-corrected chi connectivity index (χ0v) is 23.2. The Bertz CT molecular complexity index is 1350. The molecule has 4 heterocycles. The molecule has 0 bridgehead atoms. The van der Waals surface area contributed by atoms with Gasteiger partial charge in [-0.3, -0.25) is 19.6 Å². The minimum absolute atomic E-state index is 0.167. The van der Waals surface area contributed by atoms with Crippen LogP contribution in [-0.2, 0) is 16.0 Å². The van der Waals surface area contributed by atoms with Gasteiger partial charge < -0.3 is 9.47 Å². The molecule has 0 radical (unpaired) electrons. The van der Waals surface area contributed by atoms with E-state index in [4.69, 9.17) is 9.47 Å². The number of halogens is 1. The predicted molar refractivity (Wildman–Crippen MR) is 153 cm³/mol. The van der Waals surface area contributed by atoms with Crippen LogP contribution < -0.4 is 4.74 Å². The summed E-state index contributed by atoms with van der Waals surface area (Å²) >= 11 is 1.66. The van der Waals surface area contributed by atoms with Crippen LogP contribution in [0.2, 0.25) is 0 Å². The highest BCUT2D eigenvalue weighted by Gasteiger charge is 2.24. The summed E-state index contributed by atoms with van der Waals surface area (Å²) in [5, 5.41) is 0. The zero-order chi connectivity index (χ0) is 26.6. The first-order chi connectivity index (χ1) is 19.1. The topological polar surface area (TPSA) is 54.9 Å². The number of hydrogen-bond donors (Lipinski definition) is 0. The maximum Gasteiger partial charge on any atom is 0.166 e. The molecule has 0 spiro atoms. The lowest BCUT2D eigenvalue weighted by Crippen LogP contribution is -2.38. The number of thiophene rings is 1. The first-order valence-corrected chi connectivity index (χ1v) is 15.0. The van der Waals surface area contributed by atoms with Crippen LogP contribution in [0.1, 0.15) is 42.5 Å². The van der Waals surface area contributed by atoms with Crippen molar-refractivity contribution in [1.29, 1.82) is 0 Å². The quantitative estimate of drug-likeness (QED) is 0.295. The van der Waals surface area contributed by atoms with Gasteiger partial charge >= 0.3 is 0 Å². The van der Waals surface area contributed by atoms with Crippen molar-refractivity contribution in [3.63, 3.8) is 0 Å². The number of fused-ring (bicyclic) bond motifs is 1. The fourth-order valence-electron chi connectivity index (χ4n) is 5.43. The summed E-state index contributed by atoms with van der Waals surface area (Å²) in [5.41, 5.74) is 2.91. The highest BCUT2D eigenvalue weighted by Crippen LogP contribution is 2.39. The van der Waals surface area contributed by atoms with Crippen LogP contribution >= 0.6 is 11.3 Å². The lowest BCUT2D eigenvalue weighted by molar-refractivity contribution is -0.118. The van der Waals surface area contributed by atoms with E-state index in [1.807, 2.05) is 0 Å². The Balaban J connectivity index is 1.07. The molecule has 1 aromatic carbocycles. The van der Waals surface area contributed by atoms with E-state index in [-0.39, 0.29) is 18.0 Å². The molecular formula is C31H36FN3O3S. The van der Waals surface area contributed by atoms with Gasteiger partial charge in [-0.05, 0) is 74.0 Å². The second kappa shape index (κ2) is 12.3. The van der Waals surface area contributed by atoms with E-state index in [0.29, 0.717) is 23.7 Å². The molecule has 6 nitrogen and oxygen atoms in total. The van der Waals surface area contributed by atoms with E-state index in [2.05, 4.69) is 26.9 Å². The molecule has 2 aromatic heterocycles. The number of benzene rings is 1. The number of hydrogen-bond acceptors (Lipinski definition) is 7. The van der Waals surface area contributed by atoms with Crippen molar-refractivity contribution in [2.75, 3.05) is 52.5 Å². The van der Waals surface area contributed by atoms with Gasteiger partial charge in [0.05, 0.1) is 23.4 Å². The van der Waals surface area contributed by atoms with E-state index in [1.54, 1.807) is 35.7 Å². The van der Waals surface area contributed by atoms with Crippen LogP contribution in [0.4, 0.5) is 4.39 Å². The monoisotopic (exact) mass is 549 g/mol. The summed E-state index contributed by atoms with van der Waals surface area (Å²) in [6.07, 6.45) is 9.42. The minimum atomic E-state index is -0.447. The first-order valence-electron chi connectivity index (χ1n) is 14.2. The molecule has 8 heteroatoms. The van der Waals surface area contributed by atoms with Gasteiger partial charge in [-0.15, -0.1) is 11.3 Å². The number of rotatable bonds is 11. The van der Waals surface area contributed by atoms with Gasteiger partial charge in [0.2, 0.25) is 0 Å². The van der Waals surface area contributed by atoms with Crippen LogP contribution in [-0.4, -0.2) is 73.0 Å². The number of ether oxygens (including phenoxy) is 2. The standard InChI is InChI=1S/C31H36FN3O3S/c32-26-20-23(19-25(36)18-22-2-3-22)4-5-28(26)38-29-6-9-33-27-21-30(39-31(27)29)24-7-12-34(13-8-24)10-1-11-35-14-16-37-17-15-35/h4-7,9,20-22H,1-3,8,10-19H2. The van der Waals surface area contributed by atoms with E-state index in [9.17, 15) is 9.18 Å². The first kappa shape index (κ1) is 26.6. The number of aromatic nitrogens is 1. The Hall–Kier alpha value is -2.65. The number of ketones is 1.